The van der Waals surface area contributed by atoms with Crippen molar-refractivity contribution >= 4 is 11.8 Å². The Kier molecular flexibility index (Phi) is 6.40. The molecule has 0 saturated carbocycles. The van der Waals surface area contributed by atoms with Gasteiger partial charge in [-0.15, -0.1) is 0 Å². The van der Waals surface area contributed by atoms with Gasteiger partial charge in [0.15, 0.2) is 0 Å². The summed E-state index contributed by atoms with van der Waals surface area (Å²) in [7, 11) is 0. The monoisotopic (exact) mass is 405 g/mol. The van der Waals surface area contributed by atoms with Gasteiger partial charge >= 0.3 is 0 Å². The van der Waals surface area contributed by atoms with E-state index in [4.69, 9.17) is 0 Å². The van der Waals surface area contributed by atoms with E-state index in [1.54, 1.807) is 18.3 Å². The molecule has 0 aliphatic carbocycles. The lowest BCUT2D eigenvalue weighted by Gasteiger charge is -2.45. The first kappa shape index (κ1) is 21.8. The first-order chi connectivity index (χ1) is 14.2. The van der Waals surface area contributed by atoms with Crippen molar-refractivity contribution in [3.8, 4) is 0 Å². The van der Waals surface area contributed by atoms with Crippen LogP contribution in [0.25, 0.3) is 0 Å². The SMILES string of the molecule is CC(C)=C(NC(=O)c1cccnc1)C(=O)N1CCC(c2ccc(C)cc2)C(C)(C)C1. The second-order valence-electron chi connectivity index (χ2n) is 9.04. The topological polar surface area (TPSA) is 62.3 Å². The van der Waals surface area contributed by atoms with Gasteiger partial charge in [0.1, 0.15) is 5.70 Å². The van der Waals surface area contributed by atoms with Crippen molar-refractivity contribution in [2.24, 2.45) is 5.41 Å². The summed E-state index contributed by atoms with van der Waals surface area (Å²) in [5.41, 5.74) is 4.09. The minimum Gasteiger partial charge on any atom is -0.337 e. The predicted molar refractivity (Wildman–Crippen MR) is 119 cm³/mol. The fraction of sp³-hybridized carbons (Fsp3) is 0.400. The second kappa shape index (κ2) is 8.82. The van der Waals surface area contributed by atoms with Gasteiger partial charge in [-0.25, -0.2) is 0 Å². The van der Waals surface area contributed by atoms with E-state index in [9.17, 15) is 9.59 Å². The van der Waals surface area contributed by atoms with Crippen molar-refractivity contribution in [1.82, 2.24) is 15.2 Å². The van der Waals surface area contributed by atoms with Crippen LogP contribution >= 0.6 is 0 Å². The Balaban J connectivity index is 1.75. The van der Waals surface area contributed by atoms with Crippen molar-refractivity contribution in [2.75, 3.05) is 13.1 Å². The molecule has 1 fully saturated rings. The number of carbonyl (C=O) groups excluding carboxylic acids is 2. The van der Waals surface area contributed by atoms with Crippen LogP contribution in [-0.2, 0) is 4.79 Å². The molecule has 1 unspecified atom stereocenters. The van der Waals surface area contributed by atoms with Crippen LogP contribution in [0.1, 0.15) is 61.5 Å². The number of likely N-dealkylation sites (tertiary alicyclic amines) is 1. The zero-order chi connectivity index (χ0) is 21.9. The van der Waals surface area contributed by atoms with Crippen molar-refractivity contribution in [1.29, 1.82) is 0 Å². The van der Waals surface area contributed by atoms with Crippen LogP contribution in [0.5, 0.6) is 0 Å². The molecule has 2 aromatic rings. The summed E-state index contributed by atoms with van der Waals surface area (Å²) in [6.45, 7) is 11.5. The third kappa shape index (κ3) is 4.78. The van der Waals surface area contributed by atoms with Crippen LogP contribution in [0.15, 0.2) is 60.1 Å². The predicted octanol–water partition coefficient (Wildman–Crippen LogP) is 4.46. The zero-order valence-corrected chi connectivity index (χ0v) is 18.5. The maximum Gasteiger partial charge on any atom is 0.270 e. The molecule has 5 nitrogen and oxygen atoms in total. The number of nitrogens with zero attached hydrogens (tertiary/aromatic N) is 2. The number of benzene rings is 1. The average Bonchev–Trinajstić information content (AvgIpc) is 2.72. The number of aromatic nitrogens is 1. The standard InChI is InChI=1S/C25H31N3O2/c1-17(2)22(27-23(29)20-7-6-13-26-15-20)24(30)28-14-12-21(25(4,5)16-28)19-10-8-18(3)9-11-19/h6-11,13,15,21H,12,14,16H2,1-5H3,(H,27,29). The molecule has 1 saturated heterocycles. The number of hydrogen-bond donors (Lipinski definition) is 1. The molecular weight excluding hydrogens is 374 g/mol. The molecule has 3 rings (SSSR count). The van der Waals surface area contributed by atoms with E-state index in [0.717, 1.165) is 12.0 Å². The Labute approximate surface area is 179 Å². The van der Waals surface area contributed by atoms with Crippen molar-refractivity contribution in [3.63, 3.8) is 0 Å². The second-order valence-corrected chi connectivity index (χ2v) is 9.04. The number of carbonyl (C=O) groups is 2. The van der Waals surface area contributed by atoms with Gasteiger partial charge in [-0.3, -0.25) is 14.6 Å². The maximum atomic E-state index is 13.3. The molecule has 0 spiro atoms. The van der Waals surface area contributed by atoms with Gasteiger partial charge in [-0.05, 0) is 61.8 Å². The molecule has 0 radical (unpaired) electrons. The van der Waals surface area contributed by atoms with Crippen molar-refractivity contribution in [3.05, 3.63) is 76.8 Å². The Morgan fingerprint density at radius 2 is 1.83 bits per heavy atom. The minimum atomic E-state index is -0.318. The van der Waals surface area contributed by atoms with E-state index >= 15 is 0 Å². The number of amides is 2. The van der Waals surface area contributed by atoms with Gasteiger partial charge in [0.2, 0.25) is 0 Å². The number of allylic oxidation sites excluding steroid dienone is 1. The van der Waals surface area contributed by atoms with Gasteiger partial charge in [0.05, 0.1) is 5.56 Å². The van der Waals surface area contributed by atoms with Crippen LogP contribution in [0.2, 0.25) is 0 Å². The van der Waals surface area contributed by atoms with Gasteiger partial charge in [-0.1, -0.05) is 43.7 Å². The van der Waals surface area contributed by atoms with Gasteiger partial charge < -0.3 is 10.2 Å². The lowest BCUT2D eigenvalue weighted by atomic mass is 9.70. The van der Waals surface area contributed by atoms with Crippen LogP contribution in [-0.4, -0.2) is 34.8 Å². The van der Waals surface area contributed by atoms with E-state index in [-0.39, 0.29) is 17.2 Å². The largest absolute Gasteiger partial charge is 0.337 e. The summed E-state index contributed by atoms with van der Waals surface area (Å²) in [5, 5.41) is 2.82. The summed E-state index contributed by atoms with van der Waals surface area (Å²) in [6, 6.07) is 12.1. The number of hydrogen-bond acceptors (Lipinski definition) is 3. The molecule has 1 aliphatic rings. The van der Waals surface area contributed by atoms with E-state index in [1.807, 2.05) is 18.7 Å². The maximum absolute atomic E-state index is 13.3. The highest BCUT2D eigenvalue weighted by atomic mass is 16.2. The first-order valence-corrected chi connectivity index (χ1v) is 10.4. The Morgan fingerprint density at radius 1 is 1.13 bits per heavy atom. The summed E-state index contributed by atoms with van der Waals surface area (Å²) >= 11 is 0. The molecule has 30 heavy (non-hydrogen) atoms. The smallest absolute Gasteiger partial charge is 0.270 e. The fourth-order valence-corrected chi connectivity index (χ4v) is 4.18. The first-order valence-electron chi connectivity index (χ1n) is 10.4. The number of piperidine rings is 1. The van der Waals surface area contributed by atoms with E-state index < -0.39 is 0 Å². The van der Waals surface area contributed by atoms with Crippen molar-refractivity contribution in [2.45, 2.75) is 47.0 Å². The van der Waals surface area contributed by atoms with E-state index in [0.29, 0.717) is 30.3 Å². The number of nitrogens with one attached hydrogen (secondary N) is 1. The van der Waals surface area contributed by atoms with Crippen LogP contribution in [0.3, 0.4) is 0 Å². The van der Waals surface area contributed by atoms with Gasteiger partial charge in [0, 0.05) is 25.5 Å². The molecule has 5 heteroatoms. The van der Waals surface area contributed by atoms with Gasteiger partial charge in [-0.2, -0.15) is 0 Å². The molecular formula is C25H31N3O2. The van der Waals surface area contributed by atoms with E-state index in [1.165, 1.54) is 17.3 Å². The fourth-order valence-electron chi connectivity index (χ4n) is 4.18. The summed E-state index contributed by atoms with van der Waals surface area (Å²) in [4.78, 5) is 31.8. The van der Waals surface area contributed by atoms with Crippen LogP contribution < -0.4 is 5.32 Å². The third-order valence-electron chi connectivity index (χ3n) is 5.87. The molecule has 2 amide bonds. The molecule has 2 heterocycles. The summed E-state index contributed by atoms with van der Waals surface area (Å²) < 4.78 is 0. The molecule has 1 N–H and O–H groups in total. The number of aryl methyl sites for hydroxylation is 1. The minimum absolute atomic E-state index is 0.0662. The lowest BCUT2D eigenvalue weighted by molar-refractivity contribution is -0.131. The molecule has 1 aromatic carbocycles. The molecule has 1 aliphatic heterocycles. The highest BCUT2D eigenvalue weighted by Gasteiger charge is 2.39. The highest BCUT2D eigenvalue weighted by Crippen LogP contribution is 2.42. The highest BCUT2D eigenvalue weighted by molar-refractivity contribution is 6.03. The average molecular weight is 406 g/mol. The van der Waals surface area contributed by atoms with Gasteiger partial charge in [0.25, 0.3) is 11.8 Å². The molecule has 0 bridgehead atoms. The normalized spacial score (nSPS) is 17.9. The summed E-state index contributed by atoms with van der Waals surface area (Å²) in [6.07, 6.45) is 4.01. The molecule has 158 valence electrons. The molecule has 1 aromatic heterocycles. The number of pyridine rings is 1. The lowest BCUT2D eigenvalue weighted by Crippen LogP contribution is -2.49. The summed E-state index contributed by atoms with van der Waals surface area (Å²) in [5.74, 6) is -0.0496. The Bertz CT molecular complexity index is 942. The molecule has 1 atom stereocenters. The van der Waals surface area contributed by atoms with Crippen LogP contribution in [0, 0.1) is 12.3 Å². The van der Waals surface area contributed by atoms with Crippen LogP contribution in [0.4, 0.5) is 0 Å². The Hall–Kier alpha value is -2.95. The van der Waals surface area contributed by atoms with Crippen molar-refractivity contribution < 1.29 is 9.59 Å². The zero-order valence-electron chi connectivity index (χ0n) is 18.5. The quantitative estimate of drug-likeness (QED) is 0.764. The number of rotatable bonds is 4. The Morgan fingerprint density at radius 3 is 2.40 bits per heavy atom. The van der Waals surface area contributed by atoms with E-state index in [2.05, 4.69) is 55.3 Å². The third-order valence-corrected chi connectivity index (χ3v) is 5.87.